The third kappa shape index (κ3) is 3.61. The van der Waals surface area contributed by atoms with Crippen LogP contribution < -0.4 is 15.8 Å². The molecule has 2 rings (SSSR count). The zero-order valence-electron chi connectivity index (χ0n) is 9.93. The van der Waals surface area contributed by atoms with Crippen molar-refractivity contribution in [2.75, 3.05) is 19.7 Å². The molecule has 0 saturated carbocycles. The molecule has 1 aromatic rings. The first-order valence-electron chi connectivity index (χ1n) is 6.14. The number of rotatable bonds is 4. The summed E-state index contributed by atoms with van der Waals surface area (Å²) in [4.78, 5) is 0. The number of piperidine rings is 1. The Bertz CT molecular complexity index is 351. The van der Waals surface area contributed by atoms with Gasteiger partial charge >= 0.3 is 0 Å². The van der Waals surface area contributed by atoms with Crippen molar-refractivity contribution in [1.29, 1.82) is 0 Å². The highest BCUT2D eigenvalue weighted by Crippen LogP contribution is 2.20. The summed E-state index contributed by atoms with van der Waals surface area (Å²) in [6.45, 7) is 2.60. The van der Waals surface area contributed by atoms with Crippen LogP contribution in [0.2, 0.25) is 0 Å². The Morgan fingerprint density at radius 1 is 1.41 bits per heavy atom. The molecule has 4 nitrogen and oxygen atoms in total. The molecule has 1 fully saturated rings. The summed E-state index contributed by atoms with van der Waals surface area (Å²) < 4.78 is 5.60. The van der Waals surface area contributed by atoms with Gasteiger partial charge in [-0.2, -0.15) is 0 Å². The molecule has 1 unspecified atom stereocenters. The standard InChI is InChI=1S/C13H20N2O2/c14-13(10-4-6-15-7-5-10)9-17-12-3-1-2-11(16)8-12/h1-3,8,10,13,15-16H,4-7,9,14H2. The maximum absolute atomic E-state index is 9.31. The van der Waals surface area contributed by atoms with Gasteiger partial charge in [0.1, 0.15) is 18.1 Å². The first kappa shape index (κ1) is 12.2. The molecule has 1 heterocycles. The monoisotopic (exact) mass is 236 g/mol. The Morgan fingerprint density at radius 2 is 2.18 bits per heavy atom. The van der Waals surface area contributed by atoms with Gasteiger partial charge in [-0.3, -0.25) is 0 Å². The maximum Gasteiger partial charge on any atom is 0.123 e. The lowest BCUT2D eigenvalue weighted by Crippen LogP contribution is -2.41. The molecular formula is C13H20N2O2. The Balaban J connectivity index is 1.80. The molecule has 0 radical (unpaired) electrons. The average Bonchev–Trinajstić information content (AvgIpc) is 2.37. The summed E-state index contributed by atoms with van der Waals surface area (Å²) >= 11 is 0. The maximum atomic E-state index is 9.31. The predicted molar refractivity (Wildman–Crippen MR) is 67.2 cm³/mol. The molecule has 0 bridgehead atoms. The Morgan fingerprint density at radius 3 is 2.88 bits per heavy atom. The van der Waals surface area contributed by atoms with E-state index in [1.54, 1.807) is 18.2 Å². The quantitative estimate of drug-likeness (QED) is 0.732. The van der Waals surface area contributed by atoms with Crippen LogP contribution in [0.15, 0.2) is 24.3 Å². The van der Waals surface area contributed by atoms with E-state index in [9.17, 15) is 5.11 Å². The molecule has 1 atom stereocenters. The molecule has 0 spiro atoms. The topological polar surface area (TPSA) is 67.5 Å². The fraction of sp³-hybridized carbons (Fsp3) is 0.538. The van der Waals surface area contributed by atoms with E-state index in [0.29, 0.717) is 18.3 Å². The first-order chi connectivity index (χ1) is 8.25. The second-order valence-electron chi connectivity index (χ2n) is 4.56. The molecule has 4 heteroatoms. The van der Waals surface area contributed by atoms with Crippen molar-refractivity contribution in [2.24, 2.45) is 11.7 Å². The van der Waals surface area contributed by atoms with E-state index < -0.39 is 0 Å². The molecule has 0 amide bonds. The molecule has 0 aromatic heterocycles. The van der Waals surface area contributed by atoms with Crippen molar-refractivity contribution in [1.82, 2.24) is 5.32 Å². The first-order valence-corrected chi connectivity index (χ1v) is 6.14. The summed E-state index contributed by atoms with van der Waals surface area (Å²) in [7, 11) is 0. The van der Waals surface area contributed by atoms with Crippen LogP contribution >= 0.6 is 0 Å². The van der Waals surface area contributed by atoms with Crippen LogP contribution in [-0.2, 0) is 0 Å². The van der Waals surface area contributed by atoms with Crippen molar-refractivity contribution in [3.8, 4) is 11.5 Å². The molecule has 4 N–H and O–H groups in total. The van der Waals surface area contributed by atoms with Gasteiger partial charge in [0.2, 0.25) is 0 Å². The molecule has 1 aromatic carbocycles. The van der Waals surface area contributed by atoms with Gasteiger partial charge < -0.3 is 20.9 Å². The van der Waals surface area contributed by atoms with E-state index in [2.05, 4.69) is 5.32 Å². The number of benzene rings is 1. The van der Waals surface area contributed by atoms with Crippen LogP contribution in [0.4, 0.5) is 0 Å². The summed E-state index contributed by atoms with van der Waals surface area (Å²) in [5.74, 6) is 1.43. The zero-order valence-corrected chi connectivity index (χ0v) is 9.93. The van der Waals surface area contributed by atoms with Crippen molar-refractivity contribution >= 4 is 0 Å². The number of phenols is 1. The van der Waals surface area contributed by atoms with Crippen LogP contribution in [0.5, 0.6) is 11.5 Å². The van der Waals surface area contributed by atoms with E-state index in [-0.39, 0.29) is 11.8 Å². The van der Waals surface area contributed by atoms with E-state index in [0.717, 1.165) is 25.9 Å². The van der Waals surface area contributed by atoms with Gasteiger partial charge in [0.15, 0.2) is 0 Å². The molecule has 94 valence electrons. The van der Waals surface area contributed by atoms with Gasteiger partial charge in [-0.25, -0.2) is 0 Å². The third-order valence-corrected chi connectivity index (χ3v) is 3.25. The number of ether oxygens (including phenoxy) is 1. The molecule has 0 aliphatic carbocycles. The highest BCUT2D eigenvalue weighted by molar-refractivity contribution is 5.31. The number of hydrogen-bond donors (Lipinski definition) is 3. The minimum atomic E-state index is 0.0689. The smallest absolute Gasteiger partial charge is 0.123 e. The van der Waals surface area contributed by atoms with Crippen LogP contribution in [0, 0.1) is 5.92 Å². The van der Waals surface area contributed by atoms with E-state index in [1.807, 2.05) is 6.07 Å². The van der Waals surface area contributed by atoms with E-state index in [4.69, 9.17) is 10.5 Å². The van der Waals surface area contributed by atoms with Crippen LogP contribution in [0.1, 0.15) is 12.8 Å². The number of nitrogens with one attached hydrogen (secondary N) is 1. The van der Waals surface area contributed by atoms with Crippen molar-refractivity contribution in [3.05, 3.63) is 24.3 Å². The Labute approximate surface area is 102 Å². The number of aromatic hydroxyl groups is 1. The molecule has 17 heavy (non-hydrogen) atoms. The largest absolute Gasteiger partial charge is 0.508 e. The SMILES string of the molecule is NC(COc1cccc(O)c1)C1CCNCC1. The second kappa shape index (κ2) is 5.89. The van der Waals surface area contributed by atoms with Gasteiger partial charge in [0.05, 0.1) is 0 Å². The lowest BCUT2D eigenvalue weighted by Gasteiger charge is -2.27. The van der Waals surface area contributed by atoms with Gasteiger partial charge in [-0.05, 0) is 44.0 Å². The molecule has 1 aliphatic heterocycles. The van der Waals surface area contributed by atoms with E-state index >= 15 is 0 Å². The minimum Gasteiger partial charge on any atom is -0.508 e. The Hall–Kier alpha value is -1.26. The zero-order chi connectivity index (χ0) is 12.1. The van der Waals surface area contributed by atoms with Crippen LogP contribution in [0.25, 0.3) is 0 Å². The fourth-order valence-corrected chi connectivity index (χ4v) is 2.17. The predicted octanol–water partition coefficient (Wildman–Crippen LogP) is 1.10. The molecule has 1 saturated heterocycles. The van der Waals surface area contributed by atoms with Gasteiger partial charge in [-0.15, -0.1) is 0 Å². The second-order valence-corrected chi connectivity index (χ2v) is 4.56. The van der Waals surface area contributed by atoms with Crippen molar-refractivity contribution in [2.45, 2.75) is 18.9 Å². The van der Waals surface area contributed by atoms with E-state index in [1.165, 1.54) is 0 Å². The summed E-state index contributed by atoms with van der Waals surface area (Å²) in [6.07, 6.45) is 2.23. The summed E-state index contributed by atoms with van der Waals surface area (Å²) in [5, 5.41) is 12.6. The van der Waals surface area contributed by atoms with Crippen molar-refractivity contribution < 1.29 is 9.84 Å². The van der Waals surface area contributed by atoms with Gasteiger partial charge in [0, 0.05) is 12.1 Å². The fourth-order valence-electron chi connectivity index (χ4n) is 2.17. The van der Waals surface area contributed by atoms with Crippen LogP contribution in [0.3, 0.4) is 0 Å². The molecule has 1 aliphatic rings. The van der Waals surface area contributed by atoms with Gasteiger partial charge in [0.25, 0.3) is 0 Å². The average molecular weight is 236 g/mol. The summed E-state index contributed by atoms with van der Waals surface area (Å²) in [5.41, 5.74) is 6.12. The minimum absolute atomic E-state index is 0.0689. The summed E-state index contributed by atoms with van der Waals surface area (Å²) in [6, 6.07) is 6.89. The van der Waals surface area contributed by atoms with Crippen molar-refractivity contribution in [3.63, 3.8) is 0 Å². The normalized spacial score (nSPS) is 18.9. The highest BCUT2D eigenvalue weighted by Gasteiger charge is 2.20. The lowest BCUT2D eigenvalue weighted by molar-refractivity contribution is 0.219. The van der Waals surface area contributed by atoms with Gasteiger partial charge in [-0.1, -0.05) is 6.07 Å². The molecular weight excluding hydrogens is 216 g/mol. The number of nitrogens with two attached hydrogens (primary N) is 1. The Kier molecular flexibility index (Phi) is 4.23. The number of phenolic OH excluding ortho intramolecular Hbond substituents is 1. The lowest BCUT2D eigenvalue weighted by atomic mass is 9.91. The van der Waals surface area contributed by atoms with Crippen LogP contribution in [-0.4, -0.2) is 30.8 Å². The third-order valence-electron chi connectivity index (χ3n) is 3.25. The highest BCUT2D eigenvalue weighted by atomic mass is 16.5. The number of hydrogen-bond acceptors (Lipinski definition) is 4.